The molecule has 0 aromatic heterocycles. The maximum atomic E-state index is 12.6. The summed E-state index contributed by atoms with van der Waals surface area (Å²) >= 11 is 0. The van der Waals surface area contributed by atoms with Crippen LogP contribution in [0.2, 0.25) is 0 Å². The third-order valence-electron chi connectivity index (χ3n) is 8.11. The van der Waals surface area contributed by atoms with E-state index < -0.39 is 13.9 Å². The highest BCUT2D eigenvalue weighted by Crippen LogP contribution is 2.43. The van der Waals surface area contributed by atoms with E-state index in [0.717, 1.165) is 64.2 Å². The summed E-state index contributed by atoms with van der Waals surface area (Å²) in [4.78, 5) is 22.4. The van der Waals surface area contributed by atoms with E-state index in [1.165, 1.54) is 64.2 Å². The molecule has 2 atom stereocenters. The zero-order chi connectivity index (χ0) is 38.1. The molecule has 0 bridgehead atoms. The van der Waals surface area contributed by atoms with E-state index in [0.29, 0.717) is 13.0 Å². The number of unbranched alkanes of at least 4 members (excludes halogenated alkanes) is 13. The Morgan fingerprint density at radius 1 is 0.596 bits per heavy atom. The predicted molar refractivity (Wildman–Crippen MR) is 219 cm³/mol. The first-order valence-corrected chi connectivity index (χ1v) is 21.9. The zero-order valence-corrected chi connectivity index (χ0v) is 33.9. The van der Waals surface area contributed by atoms with Crippen LogP contribution in [0, 0.1) is 0 Å². The quantitative estimate of drug-likeness (QED) is 0.0277. The van der Waals surface area contributed by atoms with E-state index in [2.05, 4.69) is 86.8 Å². The number of phosphoric ester groups is 1. The minimum atomic E-state index is -4.29. The van der Waals surface area contributed by atoms with E-state index in [1.807, 2.05) is 0 Å². The van der Waals surface area contributed by atoms with Gasteiger partial charge in [0.25, 0.3) is 0 Å². The van der Waals surface area contributed by atoms with Crippen LogP contribution in [0.5, 0.6) is 0 Å². The Kier molecular flexibility index (Phi) is 38.5. The van der Waals surface area contributed by atoms with Crippen LogP contribution in [0.1, 0.15) is 155 Å². The maximum Gasteiger partial charge on any atom is 0.472 e. The van der Waals surface area contributed by atoms with Crippen molar-refractivity contribution in [3.63, 3.8) is 0 Å². The number of hydrogen-bond acceptors (Lipinski definition) is 7. The van der Waals surface area contributed by atoms with E-state index in [9.17, 15) is 14.3 Å². The molecule has 0 radical (unpaired) electrons. The fourth-order valence-corrected chi connectivity index (χ4v) is 5.90. The number of nitrogens with two attached hydrogens (primary N) is 1. The normalized spacial score (nSPS) is 14.3. The van der Waals surface area contributed by atoms with Crippen molar-refractivity contribution in [2.75, 3.05) is 33.0 Å². The second-order valence-corrected chi connectivity index (χ2v) is 14.6. The van der Waals surface area contributed by atoms with Gasteiger partial charge >= 0.3 is 13.8 Å². The number of carbonyl (C=O) groups excluding carboxylic acids is 1. The van der Waals surface area contributed by atoms with Gasteiger partial charge < -0.3 is 20.1 Å². The van der Waals surface area contributed by atoms with Crippen LogP contribution >= 0.6 is 7.82 Å². The Labute approximate surface area is 318 Å². The van der Waals surface area contributed by atoms with Crippen molar-refractivity contribution in [2.24, 2.45) is 5.73 Å². The highest BCUT2D eigenvalue weighted by Gasteiger charge is 2.25. The Bertz CT molecular complexity index is 1020. The predicted octanol–water partition coefficient (Wildman–Crippen LogP) is 12.0. The van der Waals surface area contributed by atoms with Crippen molar-refractivity contribution in [2.45, 2.75) is 161 Å². The Morgan fingerprint density at radius 3 is 1.63 bits per heavy atom. The minimum absolute atomic E-state index is 0.0900. The summed E-state index contributed by atoms with van der Waals surface area (Å²) in [7, 11) is -4.29. The molecule has 0 heterocycles. The van der Waals surface area contributed by atoms with Gasteiger partial charge in [0.15, 0.2) is 0 Å². The van der Waals surface area contributed by atoms with Crippen LogP contribution in [-0.4, -0.2) is 49.9 Å². The molecule has 52 heavy (non-hydrogen) atoms. The summed E-state index contributed by atoms with van der Waals surface area (Å²) in [5.41, 5.74) is 5.36. The van der Waals surface area contributed by atoms with E-state index >= 15 is 0 Å². The van der Waals surface area contributed by atoms with Crippen molar-refractivity contribution >= 4 is 13.8 Å². The van der Waals surface area contributed by atoms with Crippen LogP contribution in [0.4, 0.5) is 0 Å². The summed E-state index contributed by atoms with van der Waals surface area (Å²) < 4.78 is 33.3. The SMILES string of the molecule is CC/C=C\C/C=C\C/C=C\C/C=C\C/C=C\CCCCCC(=O)OC(COCCCCCCCC/C=C\CCCCCC)COP(=O)(O)OCCN. The van der Waals surface area contributed by atoms with Gasteiger partial charge in [0.2, 0.25) is 0 Å². The molecule has 0 aromatic rings. The molecule has 9 heteroatoms. The van der Waals surface area contributed by atoms with Gasteiger partial charge in [0, 0.05) is 19.6 Å². The molecule has 0 aliphatic carbocycles. The van der Waals surface area contributed by atoms with Crippen molar-refractivity contribution in [1.82, 2.24) is 0 Å². The molecule has 0 aliphatic heterocycles. The molecular weight excluding hydrogens is 673 g/mol. The fourth-order valence-electron chi connectivity index (χ4n) is 5.13. The first-order valence-electron chi connectivity index (χ1n) is 20.4. The van der Waals surface area contributed by atoms with Crippen LogP contribution < -0.4 is 5.73 Å². The molecular formula is C43H76NO7P. The molecule has 0 rings (SSSR count). The van der Waals surface area contributed by atoms with Gasteiger partial charge in [0.05, 0.1) is 19.8 Å². The summed E-state index contributed by atoms with van der Waals surface area (Å²) in [5.74, 6) is -0.367. The van der Waals surface area contributed by atoms with Crippen LogP contribution in [0.15, 0.2) is 72.9 Å². The Morgan fingerprint density at radius 2 is 1.08 bits per heavy atom. The maximum absolute atomic E-state index is 12.6. The van der Waals surface area contributed by atoms with Crippen LogP contribution in [0.3, 0.4) is 0 Å². The molecule has 8 nitrogen and oxygen atoms in total. The van der Waals surface area contributed by atoms with Crippen molar-refractivity contribution in [3.8, 4) is 0 Å². The number of esters is 1. The summed E-state index contributed by atoms with van der Waals surface area (Å²) in [6.07, 6.45) is 49.1. The molecule has 300 valence electrons. The first kappa shape index (κ1) is 49.9. The van der Waals surface area contributed by atoms with E-state index in [1.54, 1.807) is 0 Å². The lowest BCUT2D eigenvalue weighted by atomic mass is 10.1. The molecule has 0 fully saturated rings. The average Bonchev–Trinajstić information content (AvgIpc) is 3.13. The summed E-state index contributed by atoms with van der Waals surface area (Å²) in [6, 6.07) is 0. The zero-order valence-electron chi connectivity index (χ0n) is 33.0. The number of hydrogen-bond donors (Lipinski definition) is 2. The molecule has 0 spiro atoms. The highest BCUT2D eigenvalue weighted by molar-refractivity contribution is 7.47. The van der Waals surface area contributed by atoms with Gasteiger partial charge in [-0.15, -0.1) is 0 Å². The highest BCUT2D eigenvalue weighted by atomic mass is 31.2. The summed E-state index contributed by atoms with van der Waals surface area (Å²) in [5, 5.41) is 0. The summed E-state index contributed by atoms with van der Waals surface area (Å²) in [6.45, 7) is 4.71. The topological polar surface area (TPSA) is 117 Å². The van der Waals surface area contributed by atoms with Crippen LogP contribution in [-0.2, 0) is 27.9 Å². The smallest absolute Gasteiger partial charge is 0.457 e. The number of carbonyl (C=O) groups is 1. The van der Waals surface area contributed by atoms with Gasteiger partial charge in [-0.25, -0.2) is 4.57 Å². The lowest BCUT2D eigenvalue weighted by Gasteiger charge is -2.20. The monoisotopic (exact) mass is 750 g/mol. The molecule has 3 N–H and O–H groups in total. The Hall–Kier alpha value is -2.06. The molecule has 0 aliphatic rings. The lowest BCUT2D eigenvalue weighted by molar-refractivity contribution is -0.154. The van der Waals surface area contributed by atoms with Gasteiger partial charge in [-0.05, 0) is 83.5 Å². The third kappa shape index (κ3) is 39.2. The number of ether oxygens (including phenoxy) is 2. The number of allylic oxidation sites excluding steroid dienone is 12. The lowest BCUT2D eigenvalue weighted by Crippen LogP contribution is -2.28. The van der Waals surface area contributed by atoms with Gasteiger partial charge in [-0.1, -0.05) is 138 Å². The molecule has 0 amide bonds. The van der Waals surface area contributed by atoms with Crippen molar-refractivity contribution in [3.05, 3.63) is 72.9 Å². The van der Waals surface area contributed by atoms with Gasteiger partial charge in [0.1, 0.15) is 6.10 Å². The number of rotatable bonds is 38. The molecule has 0 saturated heterocycles. The van der Waals surface area contributed by atoms with E-state index in [-0.39, 0.29) is 38.8 Å². The van der Waals surface area contributed by atoms with Crippen LogP contribution in [0.25, 0.3) is 0 Å². The van der Waals surface area contributed by atoms with E-state index in [4.69, 9.17) is 24.3 Å². The van der Waals surface area contributed by atoms with Crippen molar-refractivity contribution in [1.29, 1.82) is 0 Å². The standard InChI is InChI=1S/C43H76NO7P/c1-3-5-7-9-11-13-15-17-19-20-21-22-23-24-26-28-30-32-34-36-43(45)51-42(41-50-52(46,47)49-39-37-44)40-48-38-35-33-31-29-27-25-18-16-14-12-10-8-6-4-2/h5,7,11,13-14,16-17,19,21-22,24,26,42H,3-4,6,8-10,12,15,18,20,23,25,27-41,44H2,1-2H3,(H,46,47)/b7-5-,13-11-,16-14-,19-17-,22-21-,26-24-. The second kappa shape index (κ2) is 40.1. The number of phosphoric acid groups is 1. The van der Waals surface area contributed by atoms with Gasteiger partial charge in [-0.3, -0.25) is 13.8 Å². The largest absolute Gasteiger partial charge is 0.472 e. The molecule has 2 unspecified atom stereocenters. The Balaban J connectivity index is 4.16. The minimum Gasteiger partial charge on any atom is -0.457 e. The molecule has 0 aromatic carbocycles. The van der Waals surface area contributed by atoms with Crippen molar-refractivity contribution < 1.29 is 32.8 Å². The second-order valence-electron chi connectivity index (χ2n) is 13.1. The average molecular weight is 750 g/mol. The van der Waals surface area contributed by atoms with Gasteiger partial charge in [-0.2, -0.15) is 0 Å². The third-order valence-corrected chi connectivity index (χ3v) is 9.09. The first-order chi connectivity index (χ1) is 25.4. The fraction of sp³-hybridized carbons (Fsp3) is 0.698. The molecule has 0 saturated carbocycles.